The fraction of sp³-hybridized carbons (Fsp3) is 0.667. The summed E-state index contributed by atoms with van der Waals surface area (Å²) in [4.78, 5) is 23.1. The van der Waals surface area contributed by atoms with Gasteiger partial charge in [0, 0.05) is 30.3 Å². The number of carboxylic acids is 1. The van der Waals surface area contributed by atoms with E-state index in [0.717, 1.165) is 17.0 Å². The van der Waals surface area contributed by atoms with E-state index in [9.17, 15) is 9.59 Å². The van der Waals surface area contributed by atoms with Gasteiger partial charge in [0.2, 0.25) is 5.91 Å². The molecule has 0 fully saturated rings. The highest BCUT2D eigenvalue weighted by Gasteiger charge is 2.27. The third-order valence-electron chi connectivity index (χ3n) is 3.82. The second-order valence-electron chi connectivity index (χ2n) is 6.20. The molecule has 21 heavy (non-hydrogen) atoms. The number of nitrogens with zero attached hydrogens (tertiary/aromatic N) is 2. The highest BCUT2D eigenvalue weighted by atomic mass is 16.4. The molecular formula is C15H25N3O3. The fourth-order valence-electron chi connectivity index (χ4n) is 2.47. The van der Waals surface area contributed by atoms with Gasteiger partial charge in [0.1, 0.15) is 0 Å². The molecule has 1 aromatic rings. The predicted octanol–water partition coefficient (Wildman–Crippen LogP) is 1.90. The van der Waals surface area contributed by atoms with Gasteiger partial charge in [-0.1, -0.05) is 0 Å². The van der Waals surface area contributed by atoms with Gasteiger partial charge in [0.05, 0.1) is 11.6 Å². The van der Waals surface area contributed by atoms with Crippen molar-refractivity contribution in [3.05, 3.63) is 17.0 Å². The first-order chi connectivity index (χ1) is 9.55. The summed E-state index contributed by atoms with van der Waals surface area (Å²) < 4.78 is 1.77. The molecule has 1 amide bonds. The van der Waals surface area contributed by atoms with Crippen molar-refractivity contribution < 1.29 is 14.7 Å². The van der Waals surface area contributed by atoms with Crippen LogP contribution in [0.5, 0.6) is 0 Å². The number of aliphatic carboxylic acids is 1. The van der Waals surface area contributed by atoms with E-state index in [1.165, 1.54) is 0 Å². The van der Waals surface area contributed by atoms with Gasteiger partial charge >= 0.3 is 5.97 Å². The highest BCUT2D eigenvalue weighted by molar-refractivity contribution is 5.84. The van der Waals surface area contributed by atoms with Crippen LogP contribution in [-0.2, 0) is 16.6 Å². The fourth-order valence-corrected chi connectivity index (χ4v) is 2.47. The molecule has 0 spiro atoms. The SMILES string of the molecule is Cc1nn(C)c(C)c1C(C)C(=O)NC(C)(C)CCC(=O)O. The number of rotatable bonds is 6. The van der Waals surface area contributed by atoms with Gasteiger partial charge in [-0.2, -0.15) is 5.10 Å². The third kappa shape index (κ3) is 4.31. The minimum atomic E-state index is -0.857. The van der Waals surface area contributed by atoms with Crippen LogP contribution in [0.4, 0.5) is 0 Å². The van der Waals surface area contributed by atoms with Gasteiger partial charge in [-0.3, -0.25) is 14.3 Å². The number of carbonyl (C=O) groups excluding carboxylic acids is 1. The zero-order chi connectivity index (χ0) is 16.4. The number of amides is 1. The molecule has 0 aliphatic heterocycles. The van der Waals surface area contributed by atoms with Gasteiger partial charge in [-0.15, -0.1) is 0 Å². The van der Waals surface area contributed by atoms with Gasteiger partial charge in [-0.25, -0.2) is 0 Å². The van der Waals surface area contributed by atoms with E-state index in [-0.39, 0.29) is 18.2 Å². The molecule has 118 valence electrons. The minimum absolute atomic E-state index is 0.0343. The molecule has 1 atom stereocenters. The molecule has 6 heteroatoms. The van der Waals surface area contributed by atoms with Crippen molar-refractivity contribution in [1.82, 2.24) is 15.1 Å². The van der Waals surface area contributed by atoms with E-state index >= 15 is 0 Å². The summed E-state index contributed by atoms with van der Waals surface area (Å²) in [6.45, 7) is 9.35. The maximum absolute atomic E-state index is 12.4. The van der Waals surface area contributed by atoms with E-state index in [1.54, 1.807) is 4.68 Å². The van der Waals surface area contributed by atoms with Crippen molar-refractivity contribution in [1.29, 1.82) is 0 Å². The van der Waals surface area contributed by atoms with E-state index in [0.29, 0.717) is 6.42 Å². The molecule has 0 saturated carbocycles. The maximum atomic E-state index is 12.4. The first-order valence-electron chi connectivity index (χ1n) is 7.09. The molecule has 2 N–H and O–H groups in total. The average Bonchev–Trinajstić information content (AvgIpc) is 2.59. The van der Waals surface area contributed by atoms with Crippen molar-refractivity contribution in [2.75, 3.05) is 0 Å². The van der Waals surface area contributed by atoms with Crippen molar-refractivity contribution >= 4 is 11.9 Å². The Hall–Kier alpha value is -1.85. The van der Waals surface area contributed by atoms with E-state index in [2.05, 4.69) is 10.4 Å². The Morgan fingerprint density at radius 2 is 1.95 bits per heavy atom. The molecule has 0 saturated heterocycles. The Labute approximate surface area is 125 Å². The Morgan fingerprint density at radius 3 is 2.38 bits per heavy atom. The highest BCUT2D eigenvalue weighted by Crippen LogP contribution is 2.24. The summed E-state index contributed by atoms with van der Waals surface area (Å²) in [6, 6.07) is 0. The summed E-state index contributed by atoms with van der Waals surface area (Å²) in [7, 11) is 1.85. The summed E-state index contributed by atoms with van der Waals surface area (Å²) in [6.07, 6.45) is 0.429. The lowest BCUT2D eigenvalue weighted by atomic mass is 9.94. The van der Waals surface area contributed by atoms with Crippen LogP contribution in [0.15, 0.2) is 0 Å². The molecule has 0 aliphatic carbocycles. The largest absolute Gasteiger partial charge is 0.481 e. The minimum Gasteiger partial charge on any atom is -0.481 e. The Balaban J connectivity index is 2.81. The van der Waals surface area contributed by atoms with Crippen LogP contribution in [0.25, 0.3) is 0 Å². The van der Waals surface area contributed by atoms with Crippen LogP contribution in [0, 0.1) is 13.8 Å². The number of aryl methyl sites for hydroxylation is 2. The zero-order valence-electron chi connectivity index (χ0n) is 13.6. The van der Waals surface area contributed by atoms with E-state index in [1.807, 2.05) is 41.7 Å². The Bertz CT molecular complexity index is 547. The van der Waals surface area contributed by atoms with Crippen molar-refractivity contribution in [2.45, 2.75) is 58.9 Å². The number of carboxylic acid groups (broad SMARTS) is 1. The van der Waals surface area contributed by atoms with Crippen molar-refractivity contribution in [2.24, 2.45) is 7.05 Å². The lowest BCUT2D eigenvalue weighted by Crippen LogP contribution is -2.45. The topological polar surface area (TPSA) is 84.2 Å². The standard InChI is InChI=1S/C15H25N3O3/c1-9(13-10(2)17-18(6)11(13)3)14(21)16-15(4,5)8-7-12(19)20/h9H,7-8H2,1-6H3,(H,16,21)(H,19,20). The molecule has 1 rings (SSSR count). The molecular weight excluding hydrogens is 270 g/mol. The Kier molecular flexibility index (Phi) is 5.15. The first-order valence-corrected chi connectivity index (χ1v) is 7.09. The number of nitrogens with one attached hydrogen (secondary N) is 1. The molecule has 1 aromatic heterocycles. The van der Waals surface area contributed by atoms with Crippen LogP contribution in [0.1, 0.15) is 56.5 Å². The van der Waals surface area contributed by atoms with Crippen LogP contribution < -0.4 is 5.32 Å². The number of hydrogen-bond donors (Lipinski definition) is 2. The van der Waals surface area contributed by atoms with Crippen LogP contribution in [-0.4, -0.2) is 32.3 Å². The number of aromatic nitrogens is 2. The van der Waals surface area contributed by atoms with Gasteiger partial charge in [0.15, 0.2) is 0 Å². The smallest absolute Gasteiger partial charge is 0.303 e. The third-order valence-corrected chi connectivity index (χ3v) is 3.82. The monoisotopic (exact) mass is 295 g/mol. The average molecular weight is 295 g/mol. The summed E-state index contributed by atoms with van der Waals surface area (Å²) >= 11 is 0. The lowest BCUT2D eigenvalue weighted by molar-refractivity contribution is -0.137. The predicted molar refractivity (Wildman–Crippen MR) is 80.2 cm³/mol. The second kappa shape index (κ2) is 6.28. The summed E-state index contributed by atoms with van der Waals surface area (Å²) in [5.41, 5.74) is 2.21. The van der Waals surface area contributed by atoms with Crippen LogP contribution in [0.3, 0.4) is 0 Å². The molecule has 0 aliphatic rings. The van der Waals surface area contributed by atoms with E-state index in [4.69, 9.17) is 5.11 Å². The van der Waals surface area contributed by atoms with Gasteiger partial charge in [0.25, 0.3) is 0 Å². The summed E-state index contributed by atoms with van der Waals surface area (Å²) in [5.74, 6) is -1.28. The molecule has 1 heterocycles. The quantitative estimate of drug-likeness (QED) is 0.839. The normalized spacial score (nSPS) is 13.0. The lowest BCUT2D eigenvalue weighted by Gasteiger charge is -2.27. The maximum Gasteiger partial charge on any atom is 0.303 e. The van der Waals surface area contributed by atoms with Crippen LogP contribution >= 0.6 is 0 Å². The van der Waals surface area contributed by atoms with Crippen molar-refractivity contribution in [3.63, 3.8) is 0 Å². The first kappa shape index (κ1) is 17.2. The zero-order valence-corrected chi connectivity index (χ0v) is 13.6. The summed E-state index contributed by atoms with van der Waals surface area (Å²) in [5, 5.41) is 16.0. The van der Waals surface area contributed by atoms with Gasteiger partial charge in [-0.05, 0) is 41.0 Å². The molecule has 0 aromatic carbocycles. The second-order valence-corrected chi connectivity index (χ2v) is 6.20. The molecule has 6 nitrogen and oxygen atoms in total. The van der Waals surface area contributed by atoms with E-state index < -0.39 is 11.5 Å². The van der Waals surface area contributed by atoms with Crippen molar-refractivity contribution in [3.8, 4) is 0 Å². The molecule has 0 bridgehead atoms. The number of carbonyl (C=O) groups is 2. The Morgan fingerprint density at radius 1 is 1.38 bits per heavy atom. The molecule has 1 unspecified atom stereocenters. The number of hydrogen-bond acceptors (Lipinski definition) is 3. The van der Waals surface area contributed by atoms with Crippen LogP contribution in [0.2, 0.25) is 0 Å². The molecule has 0 radical (unpaired) electrons. The van der Waals surface area contributed by atoms with Gasteiger partial charge < -0.3 is 10.4 Å².